The highest BCUT2D eigenvalue weighted by atomic mass is 32.2. The van der Waals surface area contributed by atoms with Crippen molar-refractivity contribution in [1.29, 1.82) is 0 Å². The normalized spacial score (nSPS) is 19.4. The van der Waals surface area contributed by atoms with E-state index in [0.717, 1.165) is 23.8 Å². The van der Waals surface area contributed by atoms with Crippen molar-refractivity contribution < 1.29 is 4.74 Å². The van der Waals surface area contributed by atoms with Crippen LogP contribution in [-0.4, -0.2) is 17.5 Å². The number of nitrogens with two attached hydrogens (primary N) is 1. The minimum absolute atomic E-state index is 0.467. The second-order valence-corrected chi connectivity index (χ2v) is 7.30. The van der Waals surface area contributed by atoms with Crippen LogP contribution in [0.2, 0.25) is 0 Å². The molecule has 0 fully saturated rings. The number of nitrogens with zero attached hydrogens (tertiary/aromatic N) is 1. The maximum atomic E-state index is 5.90. The predicted molar refractivity (Wildman–Crippen MR) is 107 cm³/mol. The maximum Gasteiger partial charge on any atom is 0.128 e. The van der Waals surface area contributed by atoms with Gasteiger partial charge in [-0.1, -0.05) is 17.7 Å². The molecule has 0 aliphatic carbocycles. The van der Waals surface area contributed by atoms with E-state index in [1.54, 1.807) is 0 Å². The van der Waals surface area contributed by atoms with Gasteiger partial charge in [0.05, 0.1) is 5.71 Å². The molecular formula is C20H26N2OS. The SMILES string of the molecule is CCN=C(/C=C(\C)Oc1cccc(N)c1)C1=C(C)C=C(C)C(C)S1. The van der Waals surface area contributed by atoms with Gasteiger partial charge in [-0.05, 0) is 52.3 Å². The summed E-state index contributed by atoms with van der Waals surface area (Å²) < 4.78 is 5.90. The van der Waals surface area contributed by atoms with Gasteiger partial charge in [-0.3, -0.25) is 4.99 Å². The molecule has 0 saturated carbocycles. The van der Waals surface area contributed by atoms with E-state index in [0.29, 0.717) is 10.9 Å². The number of hydrogen-bond donors (Lipinski definition) is 1. The molecule has 1 aliphatic heterocycles. The van der Waals surface area contributed by atoms with E-state index in [1.165, 1.54) is 16.1 Å². The number of ether oxygens (including phenoxy) is 1. The molecule has 24 heavy (non-hydrogen) atoms. The van der Waals surface area contributed by atoms with Gasteiger partial charge in [-0.25, -0.2) is 0 Å². The van der Waals surface area contributed by atoms with Crippen molar-refractivity contribution in [2.24, 2.45) is 4.99 Å². The van der Waals surface area contributed by atoms with Gasteiger partial charge < -0.3 is 10.5 Å². The van der Waals surface area contributed by atoms with Gasteiger partial charge >= 0.3 is 0 Å². The third kappa shape index (κ3) is 4.78. The first-order valence-corrected chi connectivity index (χ1v) is 9.11. The second-order valence-electron chi connectivity index (χ2n) is 5.95. The predicted octanol–water partition coefficient (Wildman–Crippen LogP) is 5.37. The number of anilines is 1. The molecule has 1 heterocycles. The lowest BCUT2D eigenvalue weighted by molar-refractivity contribution is 0.429. The largest absolute Gasteiger partial charge is 0.462 e. The third-order valence-corrected chi connectivity index (χ3v) is 5.27. The smallest absolute Gasteiger partial charge is 0.128 e. The average molecular weight is 343 g/mol. The Labute approximate surface area is 149 Å². The van der Waals surface area contributed by atoms with Crippen molar-refractivity contribution in [1.82, 2.24) is 0 Å². The Balaban J connectivity index is 2.28. The van der Waals surface area contributed by atoms with Crippen LogP contribution in [-0.2, 0) is 0 Å². The number of thioether (sulfide) groups is 1. The number of allylic oxidation sites excluding steroid dienone is 5. The first-order chi connectivity index (χ1) is 11.4. The molecule has 0 spiro atoms. The fourth-order valence-corrected chi connectivity index (χ4v) is 3.59. The summed E-state index contributed by atoms with van der Waals surface area (Å²) in [7, 11) is 0. The van der Waals surface area contributed by atoms with Crippen LogP contribution in [0.4, 0.5) is 5.69 Å². The first-order valence-electron chi connectivity index (χ1n) is 8.23. The molecule has 0 radical (unpaired) electrons. The summed E-state index contributed by atoms with van der Waals surface area (Å²) >= 11 is 1.86. The van der Waals surface area contributed by atoms with Gasteiger partial charge in [0.2, 0.25) is 0 Å². The maximum absolute atomic E-state index is 5.90. The van der Waals surface area contributed by atoms with E-state index < -0.39 is 0 Å². The highest BCUT2D eigenvalue weighted by Gasteiger charge is 2.19. The molecule has 0 bridgehead atoms. The highest BCUT2D eigenvalue weighted by molar-refractivity contribution is 8.04. The molecule has 1 aromatic carbocycles. The van der Waals surface area contributed by atoms with E-state index >= 15 is 0 Å². The van der Waals surface area contributed by atoms with Gasteiger partial charge in [-0.15, -0.1) is 11.8 Å². The standard InChI is InChI=1S/C20H26N2OS/c1-6-22-19(20-14(3)10-13(2)16(5)24-20)11-15(4)23-18-9-7-8-17(21)12-18/h7-12,16H,6,21H2,1-5H3/b15-11+,22-19?. The number of nitrogen functional groups attached to an aromatic ring is 1. The average Bonchev–Trinajstić information content (AvgIpc) is 2.50. The molecule has 2 rings (SSSR count). The zero-order chi connectivity index (χ0) is 17.7. The van der Waals surface area contributed by atoms with Gasteiger partial charge in [0.1, 0.15) is 11.5 Å². The number of hydrogen-bond acceptors (Lipinski definition) is 4. The Kier molecular flexibility index (Phi) is 6.32. The van der Waals surface area contributed by atoms with Crippen LogP contribution in [0.1, 0.15) is 34.6 Å². The van der Waals surface area contributed by atoms with Gasteiger partial charge in [-0.2, -0.15) is 0 Å². The molecule has 4 heteroatoms. The second kappa shape index (κ2) is 8.25. The number of rotatable bonds is 5. The third-order valence-electron chi connectivity index (χ3n) is 3.78. The van der Waals surface area contributed by atoms with Gasteiger partial charge in [0, 0.05) is 34.5 Å². The highest BCUT2D eigenvalue weighted by Crippen LogP contribution is 2.36. The lowest BCUT2D eigenvalue weighted by atomic mass is 10.1. The summed E-state index contributed by atoms with van der Waals surface area (Å²) in [6, 6.07) is 7.46. The molecular weight excluding hydrogens is 316 g/mol. The number of benzene rings is 1. The molecule has 1 atom stereocenters. The minimum atomic E-state index is 0.467. The van der Waals surface area contributed by atoms with Crippen LogP contribution in [0.15, 0.2) is 63.2 Å². The van der Waals surface area contributed by atoms with E-state index in [-0.39, 0.29) is 0 Å². The Morgan fingerprint density at radius 1 is 1.38 bits per heavy atom. The summed E-state index contributed by atoms with van der Waals surface area (Å²) in [5, 5.41) is 0.467. The lowest BCUT2D eigenvalue weighted by Crippen LogP contribution is -2.11. The molecule has 0 saturated heterocycles. The van der Waals surface area contributed by atoms with Gasteiger partial charge in [0.15, 0.2) is 0 Å². The Morgan fingerprint density at radius 2 is 2.12 bits per heavy atom. The molecule has 128 valence electrons. The first kappa shape index (κ1) is 18.4. The topological polar surface area (TPSA) is 47.6 Å². The molecule has 1 unspecified atom stereocenters. The van der Waals surface area contributed by atoms with Crippen molar-refractivity contribution in [2.75, 3.05) is 12.3 Å². The molecule has 2 N–H and O–H groups in total. The zero-order valence-corrected chi connectivity index (χ0v) is 15.9. The summed E-state index contributed by atoms with van der Waals surface area (Å²) in [5.41, 5.74) is 10.1. The monoisotopic (exact) mass is 342 g/mol. The van der Waals surface area contributed by atoms with Crippen molar-refractivity contribution in [3.05, 3.63) is 58.2 Å². The van der Waals surface area contributed by atoms with Crippen molar-refractivity contribution in [3.63, 3.8) is 0 Å². The summed E-state index contributed by atoms with van der Waals surface area (Å²) in [6.07, 6.45) is 4.27. The lowest BCUT2D eigenvalue weighted by Gasteiger charge is -2.22. The van der Waals surface area contributed by atoms with Crippen LogP contribution in [0, 0.1) is 0 Å². The molecule has 1 aromatic rings. The Morgan fingerprint density at radius 3 is 2.79 bits per heavy atom. The quantitative estimate of drug-likeness (QED) is 0.445. The van der Waals surface area contributed by atoms with Crippen molar-refractivity contribution in [3.8, 4) is 5.75 Å². The van der Waals surface area contributed by atoms with E-state index in [4.69, 9.17) is 10.5 Å². The van der Waals surface area contributed by atoms with Crippen LogP contribution in [0.5, 0.6) is 5.75 Å². The summed E-state index contributed by atoms with van der Waals surface area (Å²) in [4.78, 5) is 5.91. The van der Waals surface area contributed by atoms with Crippen LogP contribution in [0.25, 0.3) is 0 Å². The van der Waals surface area contributed by atoms with Gasteiger partial charge in [0.25, 0.3) is 0 Å². The van der Waals surface area contributed by atoms with Crippen LogP contribution < -0.4 is 10.5 Å². The molecule has 3 nitrogen and oxygen atoms in total. The van der Waals surface area contributed by atoms with E-state index in [9.17, 15) is 0 Å². The molecule has 1 aliphatic rings. The molecule has 0 aromatic heterocycles. The summed E-state index contributed by atoms with van der Waals surface area (Å²) in [6.45, 7) is 11.3. The van der Waals surface area contributed by atoms with Crippen molar-refractivity contribution >= 4 is 23.2 Å². The van der Waals surface area contributed by atoms with Crippen LogP contribution in [0.3, 0.4) is 0 Å². The Hall–Kier alpha value is -1.94. The molecule has 0 amide bonds. The fourth-order valence-electron chi connectivity index (χ4n) is 2.49. The van der Waals surface area contributed by atoms with Crippen LogP contribution >= 0.6 is 11.8 Å². The van der Waals surface area contributed by atoms with Crippen molar-refractivity contribution in [2.45, 2.75) is 39.9 Å². The van der Waals surface area contributed by atoms with E-state index in [2.05, 4.69) is 38.8 Å². The fraction of sp³-hybridized carbons (Fsp3) is 0.350. The van der Waals surface area contributed by atoms with E-state index in [1.807, 2.05) is 49.0 Å². The number of aliphatic imine (C=N–C) groups is 1. The Bertz CT molecular complexity index is 729. The minimum Gasteiger partial charge on any atom is -0.462 e. The summed E-state index contributed by atoms with van der Waals surface area (Å²) in [5.74, 6) is 1.54. The zero-order valence-electron chi connectivity index (χ0n) is 15.1.